The topological polar surface area (TPSA) is 93.0 Å². The number of anilines is 1. The van der Waals surface area contributed by atoms with Crippen LogP contribution in [0, 0.1) is 19.8 Å². The van der Waals surface area contributed by atoms with Gasteiger partial charge in [0.1, 0.15) is 6.10 Å². The van der Waals surface area contributed by atoms with E-state index in [4.69, 9.17) is 25.4 Å². The van der Waals surface area contributed by atoms with Crippen molar-refractivity contribution in [3.8, 4) is 28.6 Å². The summed E-state index contributed by atoms with van der Waals surface area (Å²) in [5.41, 5.74) is 14.6. The minimum absolute atomic E-state index is 0.274. The molecule has 4 aromatic rings. The first-order chi connectivity index (χ1) is 16.9. The van der Waals surface area contributed by atoms with E-state index in [1.165, 1.54) is 12.8 Å². The van der Waals surface area contributed by atoms with E-state index in [1.807, 2.05) is 29.9 Å². The minimum Gasteiger partial charge on any atom is -0.482 e. The first-order valence-corrected chi connectivity index (χ1v) is 12.1. The lowest BCUT2D eigenvalue weighted by Crippen LogP contribution is -2.14. The molecule has 2 N–H and O–H groups in total. The van der Waals surface area contributed by atoms with Crippen molar-refractivity contribution < 1.29 is 9.47 Å². The number of pyridine rings is 1. The third kappa shape index (κ3) is 3.83. The van der Waals surface area contributed by atoms with E-state index >= 15 is 0 Å². The minimum atomic E-state index is -0.274. The van der Waals surface area contributed by atoms with E-state index in [9.17, 15) is 0 Å². The van der Waals surface area contributed by atoms with Crippen LogP contribution in [0.25, 0.3) is 16.9 Å². The number of nitrogens with two attached hydrogens (primary N) is 1. The Bertz CT molecular complexity index is 1430. The lowest BCUT2D eigenvalue weighted by Gasteiger charge is -2.22. The van der Waals surface area contributed by atoms with Gasteiger partial charge in [-0.25, -0.2) is 9.67 Å². The van der Waals surface area contributed by atoms with Crippen LogP contribution in [0.2, 0.25) is 0 Å². The third-order valence-electron chi connectivity index (χ3n) is 7.02. The van der Waals surface area contributed by atoms with Crippen molar-refractivity contribution in [2.45, 2.75) is 52.7 Å². The van der Waals surface area contributed by atoms with Crippen molar-refractivity contribution in [2.75, 3.05) is 12.8 Å². The predicted molar refractivity (Wildman–Crippen MR) is 134 cm³/mol. The Morgan fingerprint density at radius 3 is 2.74 bits per heavy atom. The Balaban J connectivity index is 1.62. The highest BCUT2D eigenvalue weighted by Gasteiger charge is 2.28. The molecule has 4 heterocycles. The molecule has 180 valence electrons. The number of rotatable bonds is 3. The Morgan fingerprint density at radius 1 is 1.14 bits per heavy atom. The number of benzene rings is 1. The molecule has 2 bridgehead atoms. The van der Waals surface area contributed by atoms with Gasteiger partial charge in [-0.2, -0.15) is 5.10 Å². The molecular formula is C27H30N6O2. The number of fused-ring (bicyclic) bond motifs is 7. The summed E-state index contributed by atoms with van der Waals surface area (Å²) in [7, 11) is 1.65. The third-order valence-corrected chi connectivity index (χ3v) is 7.02. The number of nitrogens with zero attached hydrogens (tertiary/aromatic N) is 5. The van der Waals surface area contributed by atoms with Gasteiger partial charge in [0.25, 0.3) is 0 Å². The van der Waals surface area contributed by atoms with E-state index in [1.54, 1.807) is 7.11 Å². The molecule has 0 unspecified atom stereocenters. The van der Waals surface area contributed by atoms with Crippen LogP contribution in [0.1, 0.15) is 53.9 Å². The molecule has 0 amide bonds. The summed E-state index contributed by atoms with van der Waals surface area (Å²) in [5, 5.41) is 9.76. The van der Waals surface area contributed by atoms with Crippen LogP contribution in [0.3, 0.4) is 0 Å². The highest BCUT2D eigenvalue weighted by Crippen LogP contribution is 2.39. The van der Waals surface area contributed by atoms with Crippen LogP contribution in [-0.2, 0) is 13.0 Å². The molecule has 1 aliphatic heterocycles. The fraction of sp³-hybridized carbons (Fsp3) is 0.370. The molecule has 3 aromatic heterocycles. The van der Waals surface area contributed by atoms with Crippen LogP contribution in [0.5, 0.6) is 11.6 Å². The van der Waals surface area contributed by atoms with E-state index in [2.05, 4.69) is 41.7 Å². The van der Waals surface area contributed by atoms with E-state index in [0.29, 0.717) is 29.8 Å². The van der Waals surface area contributed by atoms with Gasteiger partial charge in [0.2, 0.25) is 5.88 Å². The summed E-state index contributed by atoms with van der Waals surface area (Å²) in [6, 6.07) is 10.3. The average Bonchev–Trinajstić information content (AvgIpc) is 3.48. The van der Waals surface area contributed by atoms with Crippen LogP contribution in [0.4, 0.5) is 5.82 Å². The molecule has 8 heteroatoms. The van der Waals surface area contributed by atoms with Crippen molar-refractivity contribution in [1.82, 2.24) is 24.5 Å². The Hall–Kier alpha value is -3.81. The number of ether oxygens (including phenoxy) is 2. The quantitative estimate of drug-likeness (QED) is 0.463. The molecule has 1 aliphatic carbocycles. The van der Waals surface area contributed by atoms with Gasteiger partial charge in [-0.3, -0.25) is 4.68 Å². The van der Waals surface area contributed by atoms with Crippen molar-refractivity contribution in [1.29, 1.82) is 0 Å². The van der Waals surface area contributed by atoms with Gasteiger partial charge in [0.05, 0.1) is 29.9 Å². The number of nitrogen functional groups attached to an aromatic ring is 1. The monoisotopic (exact) mass is 470 g/mol. The molecule has 0 saturated heterocycles. The molecule has 1 atom stereocenters. The van der Waals surface area contributed by atoms with Gasteiger partial charge >= 0.3 is 0 Å². The standard InChI is InChI=1S/C27H30N6O2/c1-15-5-8-23-22(9-15)17(3)35-24-10-19(13-29-27(24)28)26-21(11-20-12-25(34-4)31-33(20)23)16(2)30-32(26)14-18-6-7-18/h5,8-10,12-13,17-18H,6-7,11,14H2,1-4H3,(H2,28,29)/t17-/m1/s1. The molecule has 1 saturated carbocycles. The summed E-state index contributed by atoms with van der Waals surface area (Å²) in [6.45, 7) is 7.09. The van der Waals surface area contributed by atoms with E-state index < -0.39 is 0 Å². The SMILES string of the molecule is COc1cc2n(n1)-c1ccc(C)cc1[C@@H](C)Oc1cc(cnc1N)-c1c(c(C)nn1CC1CC1)C2. The van der Waals surface area contributed by atoms with Crippen molar-refractivity contribution in [3.05, 3.63) is 64.6 Å². The van der Waals surface area contributed by atoms with Crippen LogP contribution >= 0.6 is 0 Å². The van der Waals surface area contributed by atoms with E-state index in [-0.39, 0.29) is 6.10 Å². The summed E-state index contributed by atoms with van der Waals surface area (Å²) in [6.07, 6.45) is 4.71. The largest absolute Gasteiger partial charge is 0.482 e. The number of hydrogen-bond donors (Lipinski definition) is 1. The molecule has 35 heavy (non-hydrogen) atoms. The summed E-state index contributed by atoms with van der Waals surface area (Å²) < 4.78 is 16.1. The van der Waals surface area contributed by atoms with Crippen LogP contribution in [-0.4, -0.2) is 31.7 Å². The van der Waals surface area contributed by atoms with Crippen molar-refractivity contribution in [3.63, 3.8) is 0 Å². The second-order valence-corrected chi connectivity index (χ2v) is 9.73. The second-order valence-electron chi connectivity index (χ2n) is 9.73. The Labute approximate surface area is 204 Å². The van der Waals surface area contributed by atoms with Crippen molar-refractivity contribution >= 4 is 5.82 Å². The highest BCUT2D eigenvalue weighted by atomic mass is 16.5. The lowest BCUT2D eigenvalue weighted by atomic mass is 10.0. The molecule has 0 spiro atoms. The maximum atomic E-state index is 6.45. The summed E-state index contributed by atoms with van der Waals surface area (Å²) in [4.78, 5) is 4.52. The molecule has 0 radical (unpaired) electrons. The molecular weight excluding hydrogens is 440 g/mol. The zero-order valence-electron chi connectivity index (χ0n) is 20.6. The lowest BCUT2D eigenvalue weighted by molar-refractivity contribution is 0.227. The number of hydrogen-bond acceptors (Lipinski definition) is 6. The zero-order chi connectivity index (χ0) is 24.3. The van der Waals surface area contributed by atoms with Gasteiger partial charge in [-0.15, -0.1) is 5.10 Å². The second kappa shape index (κ2) is 8.15. The molecule has 6 rings (SSSR count). The van der Waals surface area contributed by atoms with Crippen LogP contribution < -0.4 is 15.2 Å². The summed E-state index contributed by atoms with van der Waals surface area (Å²) in [5.74, 6) is 2.20. The number of aryl methyl sites for hydroxylation is 2. The molecule has 8 nitrogen and oxygen atoms in total. The summed E-state index contributed by atoms with van der Waals surface area (Å²) >= 11 is 0. The Kier molecular flexibility index (Phi) is 5.05. The smallest absolute Gasteiger partial charge is 0.233 e. The van der Waals surface area contributed by atoms with Crippen molar-refractivity contribution in [2.24, 2.45) is 5.92 Å². The Morgan fingerprint density at radius 2 is 1.97 bits per heavy atom. The fourth-order valence-electron chi connectivity index (χ4n) is 4.97. The molecule has 2 aliphatic rings. The molecule has 1 aromatic carbocycles. The average molecular weight is 471 g/mol. The number of methoxy groups -OCH3 is 1. The normalized spacial score (nSPS) is 16.9. The van der Waals surface area contributed by atoms with E-state index in [0.717, 1.165) is 51.6 Å². The predicted octanol–water partition coefficient (Wildman–Crippen LogP) is 4.79. The van der Waals surface area contributed by atoms with Gasteiger partial charge in [-0.1, -0.05) is 17.7 Å². The van der Waals surface area contributed by atoms with Gasteiger partial charge in [-0.05, 0) is 51.7 Å². The van der Waals surface area contributed by atoms with Gasteiger partial charge < -0.3 is 15.2 Å². The van der Waals surface area contributed by atoms with Gasteiger partial charge in [0.15, 0.2) is 11.6 Å². The zero-order valence-corrected chi connectivity index (χ0v) is 20.6. The van der Waals surface area contributed by atoms with Gasteiger partial charge in [0, 0.05) is 41.9 Å². The van der Waals surface area contributed by atoms with Crippen LogP contribution in [0.15, 0.2) is 36.5 Å². The maximum absolute atomic E-state index is 6.45. The first-order valence-electron chi connectivity index (χ1n) is 12.1. The molecule has 1 fully saturated rings. The number of aromatic nitrogens is 5. The maximum Gasteiger partial charge on any atom is 0.233 e. The fourth-order valence-corrected chi connectivity index (χ4v) is 4.97. The first kappa shape index (κ1) is 21.7. The highest BCUT2D eigenvalue weighted by molar-refractivity contribution is 5.69.